The van der Waals surface area contributed by atoms with Crippen molar-refractivity contribution in [1.82, 2.24) is 9.97 Å². The molecule has 0 fully saturated rings. The predicted molar refractivity (Wildman–Crippen MR) is 191 cm³/mol. The van der Waals surface area contributed by atoms with Crippen molar-refractivity contribution in [3.8, 4) is 22.6 Å². The number of rotatable bonds is 9. The summed E-state index contributed by atoms with van der Waals surface area (Å²) in [5.41, 5.74) is 5.20. The SMILES string of the molecule is CC(C)(C)c1cc(-c2cc(-c3cc4ncccc4o3)ccn2)[c-]c2ccccc12.CCC(C)(CC)C(=O)/C=C(\O)C(C)(CC)CC.[Ir]. The Morgan fingerprint density at radius 2 is 1.49 bits per heavy atom. The topological polar surface area (TPSA) is 76.2 Å². The van der Waals surface area contributed by atoms with E-state index in [2.05, 4.69) is 73.2 Å². The maximum absolute atomic E-state index is 12.2. The largest absolute Gasteiger partial charge is 0.512 e. The summed E-state index contributed by atoms with van der Waals surface area (Å²) in [6.45, 7) is 18.8. The summed E-state index contributed by atoms with van der Waals surface area (Å²) >= 11 is 0. The number of aliphatic hydroxyl groups excluding tert-OH is 1. The number of carbonyl (C=O) groups excluding carboxylic acids is 1. The van der Waals surface area contributed by atoms with Crippen LogP contribution in [0.5, 0.6) is 0 Å². The van der Waals surface area contributed by atoms with Crippen LogP contribution in [0.1, 0.15) is 93.6 Å². The van der Waals surface area contributed by atoms with Gasteiger partial charge < -0.3 is 9.52 Å². The second-order valence-corrected chi connectivity index (χ2v) is 13.7. The molecule has 6 heteroatoms. The fraction of sp³-hybridized carbons (Fsp3) is 0.390. The quantitative estimate of drug-likeness (QED) is 0.0912. The molecule has 3 heterocycles. The monoisotopic (exact) mass is 810 g/mol. The number of pyridine rings is 2. The molecule has 0 spiro atoms. The molecular weight excluding hydrogens is 761 g/mol. The van der Waals surface area contributed by atoms with Crippen LogP contribution < -0.4 is 0 Å². The number of hydrogen-bond donors (Lipinski definition) is 1. The van der Waals surface area contributed by atoms with Crippen LogP contribution in [0.2, 0.25) is 0 Å². The second kappa shape index (κ2) is 15.5. The first kappa shape index (κ1) is 37.9. The molecule has 0 saturated heterocycles. The molecule has 1 N–H and O–H groups in total. The van der Waals surface area contributed by atoms with Gasteiger partial charge in [-0.05, 0) is 49.3 Å². The molecule has 47 heavy (non-hydrogen) atoms. The van der Waals surface area contributed by atoms with Gasteiger partial charge in [0, 0.05) is 66.7 Å². The third kappa shape index (κ3) is 8.47. The Morgan fingerprint density at radius 3 is 2.11 bits per heavy atom. The van der Waals surface area contributed by atoms with Gasteiger partial charge in [0.2, 0.25) is 0 Å². The van der Waals surface area contributed by atoms with Gasteiger partial charge >= 0.3 is 0 Å². The third-order valence-corrected chi connectivity index (χ3v) is 9.79. The number of benzene rings is 2. The Bertz CT molecular complexity index is 1810. The Hall–Kier alpha value is -3.60. The Morgan fingerprint density at radius 1 is 0.830 bits per heavy atom. The molecule has 5 nitrogen and oxygen atoms in total. The number of aromatic nitrogens is 2. The molecule has 251 valence electrons. The van der Waals surface area contributed by atoms with Crippen molar-refractivity contribution >= 4 is 27.7 Å². The van der Waals surface area contributed by atoms with Gasteiger partial charge in [0.25, 0.3) is 0 Å². The first-order valence-electron chi connectivity index (χ1n) is 16.5. The number of aliphatic hydroxyl groups is 1. The normalized spacial score (nSPS) is 12.4. The van der Waals surface area contributed by atoms with Crippen molar-refractivity contribution in [2.45, 2.75) is 93.4 Å². The minimum Gasteiger partial charge on any atom is -0.512 e. The smallest absolute Gasteiger partial charge is 0.164 e. The van der Waals surface area contributed by atoms with Crippen molar-refractivity contribution in [2.24, 2.45) is 10.8 Å². The van der Waals surface area contributed by atoms with E-state index in [1.807, 2.05) is 72.0 Å². The standard InChI is InChI=1S/C26H21N2O.C15H28O2.Ir/c1-26(2,3)21-14-19(13-17-7-4-5-8-20(17)21)22-15-18(10-12-28-22)25-16-23-24(29-25)9-6-11-27-23;1-7-14(5,8-2)12(16)11-13(17)15(6,9-3)10-4;/h4-12,14-16H,1-3H3;11,16H,7-10H2,1-6H3;/q-1;;/b;12-11-;. The van der Waals surface area contributed by atoms with E-state index >= 15 is 0 Å². The van der Waals surface area contributed by atoms with Gasteiger partial charge in [0.15, 0.2) is 11.4 Å². The van der Waals surface area contributed by atoms with Gasteiger partial charge in [-0.3, -0.25) is 14.8 Å². The van der Waals surface area contributed by atoms with Crippen molar-refractivity contribution in [3.05, 3.63) is 96.5 Å². The van der Waals surface area contributed by atoms with Crippen LogP contribution in [-0.4, -0.2) is 20.9 Å². The van der Waals surface area contributed by atoms with Gasteiger partial charge in [-0.1, -0.05) is 97.5 Å². The molecule has 3 aromatic heterocycles. The zero-order chi connectivity index (χ0) is 33.7. The van der Waals surface area contributed by atoms with Crippen LogP contribution in [-0.2, 0) is 30.3 Å². The molecule has 2 aromatic carbocycles. The Balaban J connectivity index is 0.000000290. The van der Waals surface area contributed by atoms with Gasteiger partial charge in [0.1, 0.15) is 17.0 Å². The van der Waals surface area contributed by atoms with E-state index in [1.54, 1.807) is 6.20 Å². The van der Waals surface area contributed by atoms with Gasteiger partial charge in [-0.15, -0.1) is 29.1 Å². The average Bonchev–Trinajstić information content (AvgIpc) is 3.51. The zero-order valence-electron chi connectivity index (χ0n) is 29.3. The van der Waals surface area contributed by atoms with Crippen molar-refractivity contribution in [1.29, 1.82) is 0 Å². The average molecular weight is 810 g/mol. The van der Waals surface area contributed by atoms with Gasteiger partial charge in [-0.2, -0.15) is 0 Å². The number of ketones is 1. The summed E-state index contributed by atoms with van der Waals surface area (Å²) in [6, 6.07) is 24.0. The molecule has 0 aliphatic rings. The first-order chi connectivity index (χ1) is 21.8. The van der Waals surface area contributed by atoms with Crippen LogP contribution >= 0.6 is 0 Å². The number of hydrogen-bond acceptors (Lipinski definition) is 5. The van der Waals surface area contributed by atoms with Crippen LogP contribution in [0, 0.1) is 16.9 Å². The van der Waals surface area contributed by atoms with E-state index in [9.17, 15) is 9.90 Å². The minimum atomic E-state index is -0.337. The van der Waals surface area contributed by atoms with Crippen LogP contribution in [0.15, 0.2) is 89.3 Å². The Labute approximate surface area is 294 Å². The molecule has 5 rings (SSSR count). The first-order valence-corrected chi connectivity index (χ1v) is 16.5. The maximum Gasteiger partial charge on any atom is 0.164 e. The van der Waals surface area contributed by atoms with Crippen LogP contribution in [0.25, 0.3) is 44.5 Å². The molecule has 0 atom stereocenters. The predicted octanol–water partition coefficient (Wildman–Crippen LogP) is 11.5. The summed E-state index contributed by atoms with van der Waals surface area (Å²) in [6.07, 6.45) is 8.35. The summed E-state index contributed by atoms with van der Waals surface area (Å²) in [5, 5.41) is 12.5. The van der Waals surface area contributed by atoms with Gasteiger partial charge in [-0.25, -0.2) is 0 Å². The number of allylic oxidation sites excluding steroid dienone is 2. The molecule has 0 aliphatic heterocycles. The summed E-state index contributed by atoms with van der Waals surface area (Å²) < 4.78 is 5.99. The van der Waals surface area contributed by atoms with Crippen molar-refractivity contribution in [2.75, 3.05) is 0 Å². The molecule has 0 unspecified atom stereocenters. The van der Waals surface area contributed by atoms with Crippen molar-refractivity contribution < 1.29 is 34.4 Å². The van der Waals surface area contributed by atoms with E-state index < -0.39 is 0 Å². The molecule has 0 saturated carbocycles. The summed E-state index contributed by atoms with van der Waals surface area (Å²) in [5.74, 6) is 1.08. The van der Waals surface area contributed by atoms with Crippen LogP contribution in [0.4, 0.5) is 0 Å². The van der Waals surface area contributed by atoms with Gasteiger partial charge in [0.05, 0.1) is 0 Å². The molecule has 0 amide bonds. The van der Waals surface area contributed by atoms with Crippen LogP contribution in [0.3, 0.4) is 0 Å². The molecule has 0 bridgehead atoms. The summed E-state index contributed by atoms with van der Waals surface area (Å²) in [4.78, 5) is 21.2. The number of nitrogens with zero attached hydrogens (tertiary/aromatic N) is 2. The van der Waals surface area contributed by atoms with E-state index in [0.717, 1.165) is 64.8 Å². The van der Waals surface area contributed by atoms with E-state index in [1.165, 1.54) is 17.0 Å². The molecule has 0 aliphatic carbocycles. The number of furan rings is 1. The third-order valence-electron chi connectivity index (χ3n) is 9.79. The summed E-state index contributed by atoms with van der Waals surface area (Å²) in [7, 11) is 0. The zero-order valence-corrected chi connectivity index (χ0v) is 31.7. The number of carbonyl (C=O) groups is 1. The molecule has 1 radical (unpaired) electrons. The van der Waals surface area contributed by atoms with Crippen molar-refractivity contribution in [3.63, 3.8) is 0 Å². The van der Waals surface area contributed by atoms with E-state index in [4.69, 9.17) is 4.42 Å². The number of fused-ring (bicyclic) bond motifs is 2. The second-order valence-electron chi connectivity index (χ2n) is 13.7. The van der Waals surface area contributed by atoms with E-state index in [-0.39, 0.29) is 47.9 Å². The Kier molecular flexibility index (Phi) is 12.5. The maximum atomic E-state index is 12.2. The minimum absolute atomic E-state index is 0. The molecule has 5 aromatic rings. The fourth-order valence-corrected chi connectivity index (χ4v) is 5.41. The molecular formula is C41H49IrN2O3-. The van der Waals surface area contributed by atoms with E-state index in [0.29, 0.717) is 0 Å². The fourth-order valence-electron chi connectivity index (χ4n) is 5.41.